The number of alkyl halides is 3. The number of likely N-dealkylation sites (tertiary alicyclic amines) is 1. The van der Waals surface area contributed by atoms with E-state index in [2.05, 4.69) is 22.5 Å². The van der Waals surface area contributed by atoms with E-state index in [-0.39, 0.29) is 17.6 Å². The van der Waals surface area contributed by atoms with Crippen molar-refractivity contribution in [2.75, 3.05) is 5.45 Å². The molecular formula is C18H16BrCl2NO3. The summed E-state index contributed by atoms with van der Waals surface area (Å²) in [6.45, 7) is 5.56. The monoisotopic (exact) mass is 443 g/mol. The molecule has 7 heteroatoms. The van der Waals surface area contributed by atoms with Gasteiger partial charge in [0.15, 0.2) is 9.75 Å². The summed E-state index contributed by atoms with van der Waals surface area (Å²) in [6, 6.07) is 4.98. The van der Waals surface area contributed by atoms with Gasteiger partial charge in [-0.25, -0.2) is 0 Å². The summed E-state index contributed by atoms with van der Waals surface area (Å²) in [5.74, 6) is -1.56. The predicted octanol–water partition coefficient (Wildman–Crippen LogP) is 3.98. The molecule has 1 aromatic carbocycles. The highest BCUT2D eigenvalue weighted by molar-refractivity contribution is 9.09. The number of fused-ring (bicyclic) bond motifs is 1. The summed E-state index contributed by atoms with van der Waals surface area (Å²) in [5, 5.41) is 9.81. The van der Waals surface area contributed by atoms with E-state index in [9.17, 15) is 14.7 Å². The Morgan fingerprint density at radius 1 is 1.40 bits per heavy atom. The molecule has 3 rings (SSSR count). The number of benzene rings is 1. The lowest BCUT2D eigenvalue weighted by atomic mass is 9.68. The van der Waals surface area contributed by atoms with Crippen LogP contribution in [0.2, 0.25) is 0 Å². The fourth-order valence-electron chi connectivity index (χ4n) is 3.61. The fourth-order valence-corrected chi connectivity index (χ4v) is 4.95. The quantitative estimate of drug-likeness (QED) is 0.435. The van der Waals surface area contributed by atoms with Crippen molar-refractivity contribution >= 4 is 50.9 Å². The summed E-state index contributed by atoms with van der Waals surface area (Å²) in [6.07, 6.45) is 3.57. The van der Waals surface area contributed by atoms with Crippen LogP contribution in [-0.4, -0.2) is 37.0 Å². The van der Waals surface area contributed by atoms with Crippen molar-refractivity contribution in [3.05, 3.63) is 53.6 Å². The highest BCUT2D eigenvalue weighted by atomic mass is 79.9. The summed E-state index contributed by atoms with van der Waals surface area (Å²) in [7, 11) is 0. The molecule has 0 bridgehead atoms. The smallest absolute Gasteiger partial charge is 0.254 e. The molecule has 1 aliphatic heterocycles. The number of carbonyl (C=O) groups excluding carboxylic acids is 2. The summed E-state index contributed by atoms with van der Waals surface area (Å²) >= 11 is 16.7. The van der Waals surface area contributed by atoms with Crippen LogP contribution in [0, 0.1) is 6.92 Å². The number of carbonyl (C=O) groups is 2. The number of hydrogen-bond donors (Lipinski definition) is 1. The van der Waals surface area contributed by atoms with Gasteiger partial charge in [0.2, 0.25) is 0 Å². The molecule has 4 nitrogen and oxygen atoms in total. The average Bonchev–Trinajstić information content (AvgIpc) is 2.74. The minimum absolute atomic E-state index is 0.0261. The molecule has 0 saturated carbocycles. The van der Waals surface area contributed by atoms with Crippen LogP contribution in [0.5, 0.6) is 5.75 Å². The molecule has 1 heterocycles. The first-order valence-corrected chi connectivity index (χ1v) is 9.52. The maximum Gasteiger partial charge on any atom is 0.254 e. The lowest BCUT2D eigenvalue weighted by Crippen LogP contribution is -2.54. The molecule has 1 saturated heterocycles. The zero-order valence-electron chi connectivity index (χ0n) is 13.4. The molecule has 1 aromatic rings. The van der Waals surface area contributed by atoms with Gasteiger partial charge in [0, 0.05) is 5.92 Å². The van der Waals surface area contributed by atoms with Crippen molar-refractivity contribution in [1.82, 2.24) is 4.90 Å². The SMILES string of the molecule is C=CC1=CC[C@@]2(Cl)C(=O)N(CBr)C(=O)[C@@]2(Cl)[C@H]1c1ccc(O)c(C)c1. The van der Waals surface area contributed by atoms with Crippen molar-refractivity contribution < 1.29 is 14.7 Å². The molecule has 2 amide bonds. The largest absolute Gasteiger partial charge is 0.508 e. The maximum atomic E-state index is 13.1. The van der Waals surface area contributed by atoms with Crippen LogP contribution in [0.4, 0.5) is 0 Å². The summed E-state index contributed by atoms with van der Waals surface area (Å²) in [4.78, 5) is 23.6. The molecule has 2 aliphatic rings. The van der Waals surface area contributed by atoms with E-state index in [1.165, 1.54) is 0 Å². The zero-order valence-corrected chi connectivity index (χ0v) is 16.5. The van der Waals surface area contributed by atoms with Crippen LogP contribution in [0.1, 0.15) is 23.5 Å². The number of nitrogens with zero attached hydrogens (tertiary/aromatic N) is 1. The molecule has 0 radical (unpaired) electrons. The second-order valence-electron chi connectivity index (χ2n) is 6.26. The number of rotatable bonds is 3. The lowest BCUT2D eigenvalue weighted by molar-refractivity contribution is -0.138. The van der Waals surface area contributed by atoms with Crippen LogP contribution in [0.25, 0.3) is 0 Å². The number of hydrogen-bond acceptors (Lipinski definition) is 3. The Kier molecular flexibility index (Phi) is 4.55. The second-order valence-corrected chi connectivity index (χ2v) is 8.01. The molecule has 1 fully saturated rings. The Morgan fingerprint density at radius 3 is 2.64 bits per heavy atom. The minimum atomic E-state index is -1.67. The standard InChI is InChI=1S/C18H16BrCl2NO3/c1-3-11-6-7-17(20)15(24)22(9-19)16(25)18(17,21)14(11)12-4-5-13(23)10(2)8-12/h3-6,8,14,23H,1,7,9H2,2H3/t14-,17-,18+/m1/s1. The maximum absolute atomic E-state index is 13.1. The van der Waals surface area contributed by atoms with E-state index in [1.807, 2.05) is 0 Å². The molecule has 132 valence electrons. The molecule has 0 unspecified atom stereocenters. The van der Waals surface area contributed by atoms with E-state index in [0.717, 1.165) is 10.5 Å². The Labute approximate surface area is 164 Å². The molecule has 3 atom stereocenters. The Balaban J connectivity index is 2.27. The van der Waals surface area contributed by atoms with Crippen molar-refractivity contribution in [3.8, 4) is 5.75 Å². The lowest BCUT2D eigenvalue weighted by Gasteiger charge is -2.42. The predicted molar refractivity (Wildman–Crippen MR) is 101 cm³/mol. The summed E-state index contributed by atoms with van der Waals surface area (Å²) in [5.41, 5.74) is 2.09. The van der Waals surface area contributed by atoms with Crippen molar-refractivity contribution in [3.63, 3.8) is 0 Å². The van der Waals surface area contributed by atoms with Crippen molar-refractivity contribution in [1.29, 1.82) is 0 Å². The molecular weight excluding hydrogens is 429 g/mol. The van der Waals surface area contributed by atoms with Crippen molar-refractivity contribution in [2.24, 2.45) is 0 Å². The van der Waals surface area contributed by atoms with Gasteiger partial charge in [-0.1, -0.05) is 46.8 Å². The number of aromatic hydroxyl groups is 1. The van der Waals surface area contributed by atoms with Crippen LogP contribution in [-0.2, 0) is 9.59 Å². The van der Waals surface area contributed by atoms with Crippen LogP contribution < -0.4 is 0 Å². The van der Waals surface area contributed by atoms with Crippen molar-refractivity contribution in [2.45, 2.75) is 29.0 Å². The third-order valence-electron chi connectivity index (χ3n) is 4.98. The van der Waals surface area contributed by atoms with E-state index in [1.54, 1.807) is 37.3 Å². The first-order chi connectivity index (χ1) is 11.7. The topological polar surface area (TPSA) is 57.6 Å². The van der Waals surface area contributed by atoms with Gasteiger partial charge in [-0.3, -0.25) is 14.5 Å². The highest BCUT2D eigenvalue weighted by Gasteiger charge is 2.72. The van der Waals surface area contributed by atoms with Gasteiger partial charge in [-0.2, -0.15) is 0 Å². The number of phenolic OH excluding ortho intramolecular Hbond substituents is 1. The van der Waals surface area contributed by atoms with Gasteiger partial charge in [0.25, 0.3) is 11.8 Å². The van der Waals surface area contributed by atoms with Gasteiger partial charge >= 0.3 is 0 Å². The average molecular weight is 445 g/mol. The molecule has 1 aliphatic carbocycles. The van der Waals surface area contributed by atoms with E-state index in [0.29, 0.717) is 11.1 Å². The third-order valence-corrected chi connectivity index (χ3v) is 6.89. The normalized spacial score (nSPS) is 31.8. The number of aryl methyl sites for hydroxylation is 1. The molecule has 0 spiro atoms. The van der Waals surface area contributed by atoms with E-state index >= 15 is 0 Å². The number of halogens is 3. The number of allylic oxidation sites excluding steroid dienone is 3. The Bertz CT molecular complexity index is 825. The summed E-state index contributed by atoms with van der Waals surface area (Å²) < 4.78 is 0. The van der Waals surface area contributed by atoms with Gasteiger partial charge in [0.05, 0.1) is 5.45 Å². The van der Waals surface area contributed by atoms with Crippen LogP contribution >= 0.6 is 39.1 Å². The number of phenols is 1. The van der Waals surface area contributed by atoms with Gasteiger partial charge in [-0.15, -0.1) is 23.2 Å². The Hall–Kier alpha value is -1.30. The fraction of sp³-hybridized carbons (Fsp3) is 0.333. The van der Waals surface area contributed by atoms with E-state index in [4.69, 9.17) is 23.2 Å². The molecule has 25 heavy (non-hydrogen) atoms. The second kappa shape index (κ2) is 6.15. The van der Waals surface area contributed by atoms with Crippen LogP contribution in [0.15, 0.2) is 42.5 Å². The molecule has 0 aromatic heterocycles. The van der Waals surface area contributed by atoms with Crippen LogP contribution in [0.3, 0.4) is 0 Å². The zero-order chi connectivity index (χ0) is 18.6. The van der Waals surface area contributed by atoms with Gasteiger partial charge in [-0.05, 0) is 36.1 Å². The first kappa shape index (κ1) is 18.5. The first-order valence-electron chi connectivity index (χ1n) is 7.64. The Morgan fingerprint density at radius 2 is 2.08 bits per heavy atom. The van der Waals surface area contributed by atoms with E-state index < -0.39 is 27.5 Å². The minimum Gasteiger partial charge on any atom is -0.508 e. The van der Waals surface area contributed by atoms with Gasteiger partial charge < -0.3 is 5.11 Å². The number of amides is 2. The highest BCUT2D eigenvalue weighted by Crippen LogP contribution is 2.59. The third kappa shape index (κ3) is 2.32. The number of imide groups is 1. The molecule has 1 N–H and O–H groups in total. The van der Waals surface area contributed by atoms with Gasteiger partial charge in [0.1, 0.15) is 5.75 Å².